The Bertz CT molecular complexity index is 1010. The van der Waals surface area contributed by atoms with Crippen LogP contribution in [0.2, 0.25) is 0 Å². The summed E-state index contributed by atoms with van der Waals surface area (Å²) in [7, 11) is 12.8. The number of halogens is 2. The summed E-state index contributed by atoms with van der Waals surface area (Å²) in [5.41, 5.74) is 8.43. The summed E-state index contributed by atoms with van der Waals surface area (Å²) in [6, 6.07) is 18.7. The van der Waals surface area contributed by atoms with Gasteiger partial charge >= 0.3 is 120 Å². The first kappa shape index (κ1) is 28.2. The maximum atomic E-state index is 6.19. The third-order valence-electron chi connectivity index (χ3n) is 8.95. The average molecular weight is 643 g/mol. The molecule has 6 rings (SSSR count). The fourth-order valence-electron chi connectivity index (χ4n) is 7.20. The van der Waals surface area contributed by atoms with E-state index in [9.17, 15) is 0 Å². The van der Waals surface area contributed by atoms with E-state index in [-0.39, 0.29) is 0 Å². The predicted molar refractivity (Wildman–Crippen MR) is 163 cm³/mol. The Morgan fingerprint density at radius 3 is 1.43 bits per heavy atom. The molecule has 0 N–H and O–H groups in total. The van der Waals surface area contributed by atoms with Gasteiger partial charge < -0.3 is 0 Å². The van der Waals surface area contributed by atoms with Crippen LogP contribution >= 0.6 is 27.3 Å². The van der Waals surface area contributed by atoms with Crippen LogP contribution in [-0.2, 0) is 13.5 Å². The predicted octanol–water partition coefficient (Wildman–Crippen LogP) is 11.0. The van der Waals surface area contributed by atoms with Gasteiger partial charge in [0.05, 0.1) is 0 Å². The normalized spacial score (nSPS) is 21.8. The molecule has 37 heavy (non-hydrogen) atoms. The minimum atomic E-state index is -1.88. The molecular weight excluding hydrogens is 599 g/mol. The summed E-state index contributed by atoms with van der Waals surface area (Å²) in [5.74, 6) is 0. The maximum absolute atomic E-state index is 6.19. The average Bonchev–Trinajstić information content (AvgIpc) is 3.36. The molecule has 0 nitrogen and oxygen atoms in total. The van der Waals surface area contributed by atoms with Crippen molar-refractivity contribution in [1.82, 2.24) is 0 Å². The van der Waals surface area contributed by atoms with Crippen LogP contribution < -0.4 is 0 Å². The topological polar surface area (TPSA) is 0 Å². The van der Waals surface area contributed by atoms with Gasteiger partial charge in [-0.1, -0.05) is 65.7 Å². The third-order valence-corrected chi connectivity index (χ3v) is 16.2. The number of rotatable bonds is 4. The second kappa shape index (κ2) is 14.4. The molecule has 4 aliphatic carbocycles. The number of allylic oxidation sites excluding steroid dienone is 1. The van der Waals surface area contributed by atoms with Gasteiger partial charge in [-0.2, -0.15) is 0 Å². The zero-order valence-electron chi connectivity index (χ0n) is 22.2. The van der Waals surface area contributed by atoms with Crippen LogP contribution in [-0.4, -0.2) is 21.1 Å². The quantitative estimate of drug-likeness (QED) is 0.230. The molecule has 3 saturated carbocycles. The number of hydrogen-bond donors (Lipinski definition) is 0. The van der Waals surface area contributed by atoms with E-state index in [1.807, 2.05) is 24.3 Å². The molecule has 0 unspecified atom stereocenters. The van der Waals surface area contributed by atoms with E-state index in [1.54, 1.807) is 77.0 Å². The van der Waals surface area contributed by atoms with Gasteiger partial charge in [0.1, 0.15) is 0 Å². The Hall–Kier alpha value is -0.317. The zero-order valence-corrected chi connectivity index (χ0v) is 26.3. The molecule has 4 aliphatic rings. The molecule has 0 saturated heterocycles. The van der Waals surface area contributed by atoms with Crippen molar-refractivity contribution in [3.63, 3.8) is 0 Å². The van der Waals surface area contributed by atoms with Gasteiger partial charge in [0, 0.05) is 0 Å². The van der Waals surface area contributed by atoms with Crippen LogP contribution in [0.3, 0.4) is 0 Å². The Morgan fingerprint density at radius 1 is 0.541 bits per heavy atom. The molecule has 0 heterocycles. The van der Waals surface area contributed by atoms with E-state index in [1.165, 1.54) is 58.5 Å². The van der Waals surface area contributed by atoms with Crippen LogP contribution in [0.4, 0.5) is 0 Å². The van der Waals surface area contributed by atoms with Crippen molar-refractivity contribution in [2.75, 3.05) is 0 Å². The van der Waals surface area contributed by atoms with Crippen molar-refractivity contribution in [2.24, 2.45) is 0 Å². The summed E-state index contributed by atoms with van der Waals surface area (Å²) in [6.45, 7) is 0. The second-order valence-corrected chi connectivity index (χ2v) is 20.2. The molecule has 0 amide bonds. The van der Waals surface area contributed by atoms with Crippen LogP contribution in [0.5, 0.6) is 0 Å². The monoisotopic (exact) mass is 642 g/mol. The fourth-order valence-corrected chi connectivity index (χ4v) is 14.4. The molecule has 0 aromatic heterocycles. The van der Waals surface area contributed by atoms with E-state index >= 15 is 0 Å². The molecule has 0 atom stereocenters. The van der Waals surface area contributed by atoms with Crippen molar-refractivity contribution < 1.29 is 13.5 Å². The van der Waals surface area contributed by atoms with E-state index in [0.29, 0.717) is 7.92 Å². The number of benzene rings is 2. The van der Waals surface area contributed by atoms with Gasteiger partial charge in [-0.3, -0.25) is 0 Å². The zero-order chi connectivity index (χ0) is 25.5. The van der Waals surface area contributed by atoms with Gasteiger partial charge in [-0.05, 0) is 55.5 Å². The van der Waals surface area contributed by atoms with E-state index in [0.717, 1.165) is 4.11 Å². The molecule has 0 aliphatic heterocycles. The molecule has 202 valence electrons. The summed E-state index contributed by atoms with van der Waals surface area (Å²) in [6.07, 6.45) is 25.8. The van der Waals surface area contributed by atoms with Crippen molar-refractivity contribution in [1.29, 1.82) is 0 Å². The van der Waals surface area contributed by atoms with Gasteiger partial charge in [-0.15, -0.1) is 0 Å². The van der Waals surface area contributed by atoms with Crippen molar-refractivity contribution in [3.05, 3.63) is 77.4 Å². The Kier molecular flexibility index (Phi) is 10.9. The first-order valence-corrected chi connectivity index (χ1v) is 21.6. The summed E-state index contributed by atoms with van der Waals surface area (Å²) in [4.78, 5) is 0. The van der Waals surface area contributed by atoms with Crippen LogP contribution in [0, 0.1) is 0 Å². The van der Waals surface area contributed by atoms with Crippen molar-refractivity contribution >= 4 is 37.0 Å². The molecule has 2 aromatic carbocycles. The SMILES string of the molecule is C1CCC(P(C2CCCCC2)C2CCCCC2)CC1.[Cl][Ru]([Cl])=[C]1C=C(c2ccccc2)c2ccccc21. The Labute approximate surface area is 239 Å². The third kappa shape index (κ3) is 7.26. The molecule has 0 bridgehead atoms. The molecule has 4 heteroatoms. The number of fused-ring (bicyclic) bond motifs is 1. The fraction of sp³-hybridized carbons (Fsp3) is 0.545. The second-order valence-electron chi connectivity index (χ2n) is 11.3. The van der Waals surface area contributed by atoms with Crippen molar-refractivity contribution in [3.8, 4) is 0 Å². The summed E-state index contributed by atoms with van der Waals surface area (Å²) < 4.78 is 1.12. The van der Waals surface area contributed by atoms with Gasteiger partial charge in [0.25, 0.3) is 0 Å². The minimum absolute atomic E-state index is 0.385. The first-order chi connectivity index (χ1) is 18.2. The summed E-state index contributed by atoms with van der Waals surface area (Å²) >= 11 is -1.88. The van der Waals surface area contributed by atoms with E-state index in [4.69, 9.17) is 19.4 Å². The van der Waals surface area contributed by atoms with Gasteiger partial charge in [0.15, 0.2) is 0 Å². The van der Waals surface area contributed by atoms with Crippen LogP contribution in [0.1, 0.15) is 113 Å². The molecule has 3 fully saturated rings. The van der Waals surface area contributed by atoms with E-state index in [2.05, 4.69) is 36.4 Å². The van der Waals surface area contributed by atoms with Crippen LogP contribution in [0.25, 0.3) is 5.57 Å². The Balaban J connectivity index is 0.000000152. The van der Waals surface area contributed by atoms with Crippen molar-refractivity contribution in [2.45, 2.75) is 113 Å². The first-order valence-electron chi connectivity index (χ1n) is 14.7. The number of hydrogen-bond acceptors (Lipinski definition) is 0. The standard InChI is InChI=1S/C18H33P.C15H10.2ClH.Ru/c1-4-10-16(11-5-1)19(17-12-6-2-7-13-17)18-14-8-3-9-15-18;1-2-6-12(7-3-1)15-11-10-13-8-4-5-9-14(13)15;;;/h16-18H,1-15H2;1-9,11H;2*1H;/q;;;;+2/p-2. The van der Waals surface area contributed by atoms with Gasteiger partial charge in [0.2, 0.25) is 0 Å². The molecule has 0 radical (unpaired) electrons. The Morgan fingerprint density at radius 2 is 0.973 bits per heavy atom. The summed E-state index contributed by atoms with van der Waals surface area (Å²) in [5, 5.41) is 0. The van der Waals surface area contributed by atoms with Gasteiger partial charge in [-0.25, -0.2) is 0 Å². The van der Waals surface area contributed by atoms with E-state index < -0.39 is 13.5 Å². The van der Waals surface area contributed by atoms with Crippen LogP contribution in [0.15, 0.2) is 60.7 Å². The molecular formula is C33H43Cl2PRu. The molecule has 0 spiro atoms. The molecule has 2 aromatic rings.